The molecule has 0 bridgehead atoms. The molecular formula is C23H42N2O8S. The Morgan fingerprint density at radius 3 is 1.74 bits per heavy atom. The zero-order valence-electron chi connectivity index (χ0n) is 20.6. The van der Waals surface area contributed by atoms with Crippen LogP contribution in [-0.2, 0) is 33.3 Å². The molecule has 0 saturated heterocycles. The van der Waals surface area contributed by atoms with Gasteiger partial charge in [-0.1, -0.05) is 0 Å². The molecule has 1 fully saturated rings. The van der Waals surface area contributed by atoms with Gasteiger partial charge in [0.2, 0.25) is 5.91 Å². The van der Waals surface area contributed by atoms with Crippen molar-refractivity contribution in [2.75, 3.05) is 72.2 Å². The van der Waals surface area contributed by atoms with E-state index in [0.717, 1.165) is 25.7 Å². The van der Waals surface area contributed by atoms with Gasteiger partial charge in [0, 0.05) is 31.2 Å². The highest BCUT2D eigenvalue weighted by molar-refractivity contribution is 7.99. The van der Waals surface area contributed by atoms with Gasteiger partial charge in [-0.3, -0.25) is 4.79 Å². The van der Waals surface area contributed by atoms with Crippen LogP contribution >= 0.6 is 11.8 Å². The quantitative estimate of drug-likeness (QED) is 0.239. The lowest BCUT2D eigenvalue weighted by Crippen LogP contribution is -2.33. The lowest BCUT2D eigenvalue weighted by atomic mass is 9.97. The van der Waals surface area contributed by atoms with E-state index in [-0.39, 0.29) is 36.7 Å². The third kappa shape index (κ3) is 18.0. The average molecular weight is 507 g/mol. The van der Waals surface area contributed by atoms with E-state index < -0.39 is 0 Å². The van der Waals surface area contributed by atoms with Crippen molar-refractivity contribution in [2.24, 2.45) is 0 Å². The zero-order chi connectivity index (χ0) is 24.9. The normalized spacial score (nSPS) is 17.8. The van der Waals surface area contributed by atoms with Crippen LogP contribution in [0.15, 0.2) is 0 Å². The van der Waals surface area contributed by atoms with Crippen LogP contribution in [0.5, 0.6) is 0 Å². The number of ketones is 1. The fourth-order valence-electron chi connectivity index (χ4n) is 3.21. The molecule has 34 heavy (non-hydrogen) atoms. The Morgan fingerprint density at radius 1 is 0.735 bits per heavy atom. The topological polar surface area (TPSA) is 121 Å². The fourth-order valence-corrected chi connectivity index (χ4v) is 3.95. The number of amides is 2. The molecule has 1 aliphatic rings. The molecule has 1 aliphatic carbocycles. The monoisotopic (exact) mass is 506 g/mol. The first-order valence-electron chi connectivity index (χ1n) is 12.1. The minimum atomic E-state index is -0.372. The van der Waals surface area contributed by atoms with Gasteiger partial charge in [-0.15, -0.1) is 0 Å². The summed E-state index contributed by atoms with van der Waals surface area (Å²) in [5, 5.41) is 6.10. The maximum absolute atomic E-state index is 11.8. The second kappa shape index (κ2) is 20.9. The molecule has 1 saturated carbocycles. The van der Waals surface area contributed by atoms with Crippen molar-refractivity contribution in [1.29, 1.82) is 0 Å². The summed E-state index contributed by atoms with van der Waals surface area (Å²) in [7, 11) is 0. The number of carbonyl (C=O) groups is 3. The molecule has 0 aliphatic heterocycles. The van der Waals surface area contributed by atoms with Crippen LogP contribution in [0.3, 0.4) is 0 Å². The molecule has 11 heteroatoms. The van der Waals surface area contributed by atoms with E-state index >= 15 is 0 Å². The Bertz CT molecular complexity index is 559. The first-order chi connectivity index (χ1) is 16.5. The van der Waals surface area contributed by atoms with Gasteiger partial charge in [-0.2, -0.15) is 11.8 Å². The highest BCUT2D eigenvalue weighted by atomic mass is 32.2. The number of rotatable bonds is 20. The van der Waals surface area contributed by atoms with Gasteiger partial charge < -0.3 is 39.1 Å². The van der Waals surface area contributed by atoms with Crippen molar-refractivity contribution in [3.8, 4) is 0 Å². The summed E-state index contributed by atoms with van der Waals surface area (Å²) in [6.45, 7) is 5.77. The first kappa shape index (κ1) is 30.6. The van der Waals surface area contributed by atoms with E-state index in [1.807, 2.05) is 11.8 Å². The number of hydrogen-bond acceptors (Lipinski definition) is 9. The van der Waals surface area contributed by atoms with E-state index in [2.05, 4.69) is 16.9 Å². The van der Waals surface area contributed by atoms with E-state index in [0.29, 0.717) is 71.2 Å². The van der Waals surface area contributed by atoms with Crippen LogP contribution in [0.25, 0.3) is 0 Å². The van der Waals surface area contributed by atoms with Crippen molar-refractivity contribution >= 4 is 29.5 Å². The van der Waals surface area contributed by atoms with Crippen LogP contribution in [0.4, 0.5) is 4.79 Å². The molecule has 0 radical (unpaired) electrons. The van der Waals surface area contributed by atoms with Crippen molar-refractivity contribution in [3.63, 3.8) is 0 Å². The molecule has 0 unspecified atom stereocenters. The molecule has 10 nitrogen and oxygen atoms in total. The number of Topliss-reactive ketones (excluding diaryl/α,β-unsaturated/α-hetero) is 1. The van der Waals surface area contributed by atoms with Crippen molar-refractivity contribution in [3.05, 3.63) is 0 Å². The third-order valence-electron chi connectivity index (χ3n) is 5.13. The van der Waals surface area contributed by atoms with Gasteiger partial charge in [-0.25, -0.2) is 4.79 Å². The van der Waals surface area contributed by atoms with E-state index in [4.69, 9.17) is 23.7 Å². The second-order valence-corrected chi connectivity index (χ2v) is 9.11. The van der Waals surface area contributed by atoms with Gasteiger partial charge in [0.15, 0.2) is 0 Å². The Morgan fingerprint density at radius 2 is 1.24 bits per heavy atom. The molecule has 0 aromatic rings. The van der Waals surface area contributed by atoms with E-state index in [1.165, 1.54) is 6.92 Å². The number of hydrogen-bond donors (Lipinski definition) is 2. The number of alkyl carbamates (subject to hydrolysis) is 1. The Balaban J connectivity index is 1.76. The lowest BCUT2D eigenvalue weighted by molar-refractivity contribution is -0.124. The molecule has 0 aromatic carbocycles. The van der Waals surface area contributed by atoms with Crippen molar-refractivity contribution in [2.45, 2.75) is 56.8 Å². The van der Waals surface area contributed by atoms with Crippen LogP contribution in [0, 0.1) is 0 Å². The molecule has 0 atom stereocenters. The number of thioether (sulfide) groups is 1. The standard InChI is InChI=1S/C23H42N2O8S/c1-19(26)3-8-22(27)24-9-11-29-13-15-31-17-18-32-16-14-30-12-10-25-23(28)33-20-4-6-21(34-2)7-5-20/h20-21H,3-18H2,1-2H3,(H,24,27)(H,25,28). The second-order valence-electron chi connectivity index (χ2n) is 7.97. The minimum Gasteiger partial charge on any atom is -0.446 e. The van der Waals surface area contributed by atoms with Crippen LogP contribution in [0.1, 0.15) is 45.4 Å². The van der Waals surface area contributed by atoms with E-state index in [1.54, 1.807) is 0 Å². The largest absolute Gasteiger partial charge is 0.446 e. The van der Waals surface area contributed by atoms with Crippen molar-refractivity contribution < 1.29 is 38.1 Å². The molecule has 0 heterocycles. The predicted molar refractivity (Wildman–Crippen MR) is 130 cm³/mol. The summed E-state index contributed by atoms with van der Waals surface area (Å²) in [6, 6.07) is 0. The summed E-state index contributed by atoms with van der Waals surface area (Å²) in [6.07, 6.45) is 6.35. The summed E-state index contributed by atoms with van der Waals surface area (Å²) in [5.74, 6) is -0.139. The first-order valence-corrected chi connectivity index (χ1v) is 13.3. The van der Waals surface area contributed by atoms with Gasteiger partial charge in [0.1, 0.15) is 11.9 Å². The van der Waals surface area contributed by atoms with Crippen LogP contribution < -0.4 is 10.6 Å². The maximum Gasteiger partial charge on any atom is 0.407 e. The zero-order valence-corrected chi connectivity index (χ0v) is 21.5. The Labute approximate surface area is 207 Å². The Hall–Kier alpha value is -1.40. The fraction of sp³-hybridized carbons (Fsp3) is 0.870. The van der Waals surface area contributed by atoms with Gasteiger partial charge >= 0.3 is 6.09 Å². The molecular weight excluding hydrogens is 464 g/mol. The van der Waals surface area contributed by atoms with Gasteiger partial charge in [-0.05, 0) is 38.9 Å². The summed E-state index contributed by atoms with van der Waals surface area (Å²) in [5.41, 5.74) is 0. The minimum absolute atomic E-state index is 0.00498. The lowest BCUT2D eigenvalue weighted by Gasteiger charge is -2.27. The molecule has 1 rings (SSSR count). The molecule has 198 valence electrons. The van der Waals surface area contributed by atoms with Crippen LogP contribution in [0.2, 0.25) is 0 Å². The highest BCUT2D eigenvalue weighted by Gasteiger charge is 2.23. The Kier molecular flexibility index (Phi) is 18.9. The summed E-state index contributed by atoms with van der Waals surface area (Å²) in [4.78, 5) is 34.0. The van der Waals surface area contributed by atoms with Gasteiger partial charge in [0.05, 0.1) is 52.9 Å². The summed E-state index contributed by atoms with van der Waals surface area (Å²) < 4.78 is 27.0. The number of carbonyl (C=O) groups excluding carboxylic acids is 3. The van der Waals surface area contributed by atoms with Gasteiger partial charge in [0.25, 0.3) is 0 Å². The average Bonchev–Trinajstić information content (AvgIpc) is 2.82. The molecule has 0 spiro atoms. The maximum atomic E-state index is 11.8. The van der Waals surface area contributed by atoms with E-state index in [9.17, 15) is 14.4 Å². The van der Waals surface area contributed by atoms with Crippen molar-refractivity contribution in [1.82, 2.24) is 10.6 Å². The molecule has 2 amide bonds. The SMILES string of the molecule is CSC1CCC(OC(=O)NCCOCCOCCOCCOCCNC(=O)CCC(C)=O)CC1. The number of nitrogens with one attached hydrogen (secondary N) is 2. The third-order valence-corrected chi connectivity index (χ3v) is 6.27. The molecule has 0 aromatic heterocycles. The summed E-state index contributed by atoms with van der Waals surface area (Å²) >= 11 is 1.89. The molecule has 2 N–H and O–H groups in total. The number of ether oxygens (including phenoxy) is 5. The predicted octanol–water partition coefficient (Wildman–Crippen LogP) is 1.94. The van der Waals surface area contributed by atoms with Crippen LogP contribution in [-0.4, -0.2) is 101 Å². The highest BCUT2D eigenvalue weighted by Crippen LogP contribution is 2.28. The smallest absolute Gasteiger partial charge is 0.407 e.